The highest BCUT2D eigenvalue weighted by Crippen LogP contribution is 2.24. The zero-order chi connectivity index (χ0) is 14.5. The van der Waals surface area contributed by atoms with E-state index in [1.807, 2.05) is 49.4 Å². The molecule has 2 aromatic rings. The van der Waals surface area contributed by atoms with Gasteiger partial charge in [0.05, 0.1) is 23.9 Å². The van der Waals surface area contributed by atoms with E-state index in [1.165, 1.54) is 0 Å². The van der Waals surface area contributed by atoms with Crippen LogP contribution >= 0.6 is 11.6 Å². The molecule has 20 heavy (non-hydrogen) atoms. The SMILES string of the molecule is COc1cccc(C(O)CNc2ccc(C)cc2Cl)c1. The van der Waals surface area contributed by atoms with Crippen LogP contribution in [0.3, 0.4) is 0 Å². The average Bonchev–Trinajstić information content (AvgIpc) is 2.46. The number of ether oxygens (including phenoxy) is 1. The van der Waals surface area contributed by atoms with E-state index in [-0.39, 0.29) is 0 Å². The second kappa shape index (κ2) is 6.64. The Bertz CT molecular complexity index is 586. The topological polar surface area (TPSA) is 41.5 Å². The van der Waals surface area contributed by atoms with Crippen LogP contribution < -0.4 is 10.1 Å². The maximum atomic E-state index is 10.2. The van der Waals surface area contributed by atoms with Crippen LogP contribution in [0.25, 0.3) is 0 Å². The number of benzene rings is 2. The minimum Gasteiger partial charge on any atom is -0.497 e. The molecule has 0 aliphatic heterocycles. The number of hydrogen-bond acceptors (Lipinski definition) is 3. The Morgan fingerprint density at radius 3 is 2.75 bits per heavy atom. The molecule has 0 aliphatic carbocycles. The zero-order valence-corrected chi connectivity index (χ0v) is 12.3. The molecule has 0 aliphatic rings. The van der Waals surface area contributed by atoms with Gasteiger partial charge < -0.3 is 15.2 Å². The number of aliphatic hydroxyl groups excluding tert-OH is 1. The smallest absolute Gasteiger partial charge is 0.119 e. The van der Waals surface area contributed by atoms with Crippen molar-refractivity contribution in [3.05, 3.63) is 58.6 Å². The first-order valence-electron chi connectivity index (χ1n) is 6.42. The maximum Gasteiger partial charge on any atom is 0.119 e. The Balaban J connectivity index is 2.02. The van der Waals surface area contributed by atoms with E-state index in [0.29, 0.717) is 11.6 Å². The predicted octanol–water partition coefficient (Wildman–Crippen LogP) is 3.80. The molecule has 0 saturated heterocycles. The van der Waals surface area contributed by atoms with E-state index in [4.69, 9.17) is 16.3 Å². The summed E-state index contributed by atoms with van der Waals surface area (Å²) in [7, 11) is 1.61. The van der Waals surface area contributed by atoms with Crippen molar-refractivity contribution in [1.29, 1.82) is 0 Å². The Morgan fingerprint density at radius 1 is 1.25 bits per heavy atom. The van der Waals surface area contributed by atoms with E-state index in [9.17, 15) is 5.11 Å². The molecule has 0 fully saturated rings. The molecule has 2 N–H and O–H groups in total. The Hall–Kier alpha value is -1.71. The van der Waals surface area contributed by atoms with Crippen molar-refractivity contribution in [2.75, 3.05) is 19.0 Å². The van der Waals surface area contributed by atoms with Crippen molar-refractivity contribution in [2.24, 2.45) is 0 Å². The lowest BCUT2D eigenvalue weighted by atomic mass is 10.1. The number of aryl methyl sites for hydroxylation is 1. The fourth-order valence-electron chi connectivity index (χ4n) is 1.94. The molecule has 0 bridgehead atoms. The number of methoxy groups -OCH3 is 1. The van der Waals surface area contributed by atoms with Crippen molar-refractivity contribution in [2.45, 2.75) is 13.0 Å². The molecule has 0 spiro atoms. The Morgan fingerprint density at radius 2 is 2.05 bits per heavy atom. The summed E-state index contributed by atoms with van der Waals surface area (Å²) in [6, 6.07) is 13.2. The third kappa shape index (κ3) is 3.65. The molecule has 1 unspecified atom stereocenters. The number of rotatable bonds is 5. The second-order valence-electron chi connectivity index (χ2n) is 4.66. The van der Waals surface area contributed by atoms with Crippen molar-refractivity contribution in [3.63, 3.8) is 0 Å². The third-order valence-corrected chi connectivity index (χ3v) is 3.40. The van der Waals surface area contributed by atoms with Crippen LogP contribution in [0.15, 0.2) is 42.5 Å². The van der Waals surface area contributed by atoms with Crippen molar-refractivity contribution in [3.8, 4) is 5.75 Å². The van der Waals surface area contributed by atoms with Crippen molar-refractivity contribution >= 4 is 17.3 Å². The van der Waals surface area contributed by atoms with Crippen LogP contribution in [0.2, 0.25) is 5.02 Å². The van der Waals surface area contributed by atoms with Gasteiger partial charge in [-0.25, -0.2) is 0 Å². The molecular formula is C16H18ClNO2. The molecule has 106 valence electrons. The molecule has 1 atom stereocenters. The number of nitrogens with one attached hydrogen (secondary N) is 1. The van der Waals surface area contributed by atoms with Gasteiger partial charge in [0.1, 0.15) is 5.75 Å². The molecule has 2 rings (SSSR count). The molecule has 0 amide bonds. The van der Waals surface area contributed by atoms with Gasteiger partial charge in [0, 0.05) is 6.54 Å². The fraction of sp³-hybridized carbons (Fsp3) is 0.250. The zero-order valence-electron chi connectivity index (χ0n) is 11.6. The van der Waals surface area contributed by atoms with Gasteiger partial charge in [-0.3, -0.25) is 0 Å². The number of halogens is 1. The number of aliphatic hydroxyl groups is 1. The second-order valence-corrected chi connectivity index (χ2v) is 5.06. The summed E-state index contributed by atoms with van der Waals surface area (Å²) in [5.74, 6) is 0.731. The van der Waals surface area contributed by atoms with E-state index in [0.717, 1.165) is 22.6 Å². The van der Waals surface area contributed by atoms with Crippen LogP contribution in [0.5, 0.6) is 5.75 Å². The highest BCUT2D eigenvalue weighted by molar-refractivity contribution is 6.33. The van der Waals surface area contributed by atoms with E-state index < -0.39 is 6.10 Å². The van der Waals surface area contributed by atoms with E-state index >= 15 is 0 Å². The van der Waals surface area contributed by atoms with Crippen LogP contribution in [-0.2, 0) is 0 Å². The largest absolute Gasteiger partial charge is 0.497 e. The van der Waals surface area contributed by atoms with Crippen molar-refractivity contribution in [1.82, 2.24) is 0 Å². The Kier molecular flexibility index (Phi) is 4.88. The van der Waals surface area contributed by atoms with Crippen LogP contribution in [-0.4, -0.2) is 18.8 Å². The van der Waals surface area contributed by atoms with Gasteiger partial charge in [-0.1, -0.05) is 29.8 Å². The fourth-order valence-corrected chi connectivity index (χ4v) is 2.24. The van der Waals surface area contributed by atoms with Crippen LogP contribution in [0.1, 0.15) is 17.2 Å². The summed E-state index contributed by atoms with van der Waals surface area (Å²) in [6.45, 7) is 2.37. The van der Waals surface area contributed by atoms with Gasteiger partial charge in [0.25, 0.3) is 0 Å². The van der Waals surface area contributed by atoms with Gasteiger partial charge >= 0.3 is 0 Å². The lowest BCUT2D eigenvalue weighted by molar-refractivity contribution is 0.191. The molecule has 3 nitrogen and oxygen atoms in total. The standard InChI is InChI=1S/C16H18ClNO2/c1-11-6-7-15(14(17)8-11)18-10-16(19)12-4-3-5-13(9-12)20-2/h3-9,16,18-19H,10H2,1-2H3. The highest BCUT2D eigenvalue weighted by Gasteiger charge is 2.09. The molecule has 4 heteroatoms. The summed E-state index contributed by atoms with van der Waals surface area (Å²) in [5.41, 5.74) is 2.73. The molecule has 2 aromatic carbocycles. The predicted molar refractivity (Wildman–Crippen MR) is 82.6 cm³/mol. The average molecular weight is 292 g/mol. The lowest BCUT2D eigenvalue weighted by Gasteiger charge is -2.15. The minimum absolute atomic E-state index is 0.385. The van der Waals surface area contributed by atoms with Crippen molar-refractivity contribution < 1.29 is 9.84 Å². The lowest BCUT2D eigenvalue weighted by Crippen LogP contribution is -2.12. The quantitative estimate of drug-likeness (QED) is 0.880. The normalized spacial score (nSPS) is 12.0. The molecule has 0 heterocycles. The van der Waals surface area contributed by atoms with Gasteiger partial charge in [-0.15, -0.1) is 0 Å². The van der Waals surface area contributed by atoms with Gasteiger partial charge in [-0.2, -0.15) is 0 Å². The molecule has 0 radical (unpaired) electrons. The first kappa shape index (κ1) is 14.7. The minimum atomic E-state index is -0.623. The number of anilines is 1. The summed E-state index contributed by atoms with van der Waals surface area (Å²) < 4.78 is 5.15. The van der Waals surface area contributed by atoms with Gasteiger partial charge in [-0.05, 0) is 42.3 Å². The summed E-state index contributed by atoms with van der Waals surface area (Å²) in [6.07, 6.45) is -0.623. The number of hydrogen-bond donors (Lipinski definition) is 2. The highest BCUT2D eigenvalue weighted by atomic mass is 35.5. The maximum absolute atomic E-state index is 10.2. The molecule has 0 aromatic heterocycles. The molecular weight excluding hydrogens is 274 g/mol. The monoisotopic (exact) mass is 291 g/mol. The Labute approximate surface area is 124 Å². The van der Waals surface area contributed by atoms with E-state index in [1.54, 1.807) is 7.11 Å². The first-order valence-corrected chi connectivity index (χ1v) is 6.80. The third-order valence-electron chi connectivity index (χ3n) is 3.09. The summed E-state index contributed by atoms with van der Waals surface area (Å²) >= 11 is 6.14. The van der Waals surface area contributed by atoms with Gasteiger partial charge in [0.2, 0.25) is 0 Å². The van der Waals surface area contributed by atoms with Crippen LogP contribution in [0, 0.1) is 6.92 Å². The first-order chi connectivity index (χ1) is 9.60. The summed E-state index contributed by atoms with van der Waals surface area (Å²) in [5, 5.41) is 14.0. The van der Waals surface area contributed by atoms with E-state index in [2.05, 4.69) is 5.32 Å². The summed E-state index contributed by atoms with van der Waals surface area (Å²) in [4.78, 5) is 0. The molecule has 0 saturated carbocycles. The van der Waals surface area contributed by atoms with Gasteiger partial charge in [0.15, 0.2) is 0 Å². The van der Waals surface area contributed by atoms with Crippen LogP contribution in [0.4, 0.5) is 5.69 Å².